The molecular weight excluding hydrogens is 221 g/mol. The van der Waals surface area contributed by atoms with Gasteiger partial charge in [-0.05, 0) is 25.3 Å². The molecule has 16 heavy (non-hydrogen) atoms. The Bertz CT molecular complexity index is 369. The maximum atomic E-state index is 12.5. The Balaban J connectivity index is 2.23. The molecular formula is C10H13F3N2O. The molecule has 1 heterocycles. The van der Waals surface area contributed by atoms with Crippen LogP contribution in [0.25, 0.3) is 0 Å². The first-order valence-corrected chi connectivity index (χ1v) is 5.28. The average Bonchev–Trinajstić information content (AvgIpc) is 2.94. The molecule has 1 N–H and O–H groups in total. The number of nitrogens with zero attached hydrogens (tertiary/aromatic N) is 2. The number of aliphatic hydroxyl groups excluding tert-OH is 1. The third-order valence-corrected chi connectivity index (χ3v) is 2.63. The summed E-state index contributed by atoms with van der Waals surface area (Å²) in [4.78, 5) is 0. The number of aromatic nitrogens is 2. The second-order valence-electron chi connectivity index (χ2n) is 4.03. The summed E-state index contributed by atoms with van der Waals surface area (Å²) in [5, 5.41) is 12.2. The van der Waals surface area contributed by atoms with Crippen LogP contribution < -0.4 is 0 Å². The van der Waals surface area contributed by atoms with Crippen LogP contribution in [-0.4, -0.2) is 21.5 Å². The van der Waals surface area contributed by atoms with Gasteiger partial charge in [-0.25, -0.2) is 0 Å². The molecule has 0 bridgehead atoms. The molecule has 0 aliphatic heterocycles. The molecule has 0 saturated heterocycles. The molecule has 1 fully saturated rings. The van der Waals surface area contributed by atoms with Crippen LogP contribution in [0.5, 0.6) is 0 Å². The zero-order valence-corrected chi connectivity index (χ0v) is 8.67. The van der Waals surface area contributed by atoms with E-state index >= 15 is 0 Å². The van der Waals surface area contributed by atoms with E-state index in [1.807, 2.05) is 0 Å². The first kappa shape index (κ1) is 11.4. The minimum Gasteiger partial charge on any atom is -0.396 e. The highest BCUT2D eigenvalue weighted by atomic mass is 19.4. The Morgan fingerprint density at radius 1 is 1.44 bits per heavy atom. The third-order valence-electron chi connectivity index (χ3n) is 2.63. The lowest BCUT2D eigenvalue weighted by Crippen LogP contribution is -2.09. The maximum Gasteiger partial charge on any atom is 0.435 e. The van der Waals surface area contributed by atoms with E-state index in [2.05, 4.69) is 5.10 Å². The number of alkyl halides is 3. The summed E-state index contributed by atoms with van der Waals surface area (Å²) in [5.41, 5.74) is -0.173. The van der Waals surface area contributed by atoms with Gasteiger partial charge in [-0.1, -0.05) is 0 Å². The van der Waals surface area contributed by atoms with Crippen LogP contribution >= 0.6 is 0 Å². The van der Waals surface area contributed by atoms with Crippen molar-refractivity contribution < 1.29 is 18.3 Å². The number of hydrogen-bond acceptors (Lipinski definition) is 2. The van der Waals surface area contributed by atoms with E-state index in [1.54, 1.807) is 0 Å². The van der Waals surface area contributed by atoms with Crippen molar-refractivity contribution in [2.45, 2.75) is 37.9 Å². The van der Waals surface area contributed by atoms with Gasteiger partial charge < -0.3 is 5.11 Å². The zero-order valence-electron chi connectivity index (χ0n) is 8.67. The van der Waals surface area contributed by atoms with Crippen molar-refractivity contribution in [2.24, 2.45) is 0 Å². The molecule has 1 saturated carbocycles. The van der Waals surface area contributed by atoms with Gasteiger partial charge in [-0.15, -0.1) is 0 Å². The maximum absolute atomic E-state index is 12.5. The molecule has 6 heteroatoms. The van der Waals surface area contributed by atoms with Crippen molar-refractivity contribution in [3.8, 4) is 0 Å². The fraction of sp³-hybridized carbons (Fsp3) is 0.700. The molecule has 0 atom stereocenters. The van der Waals surface area contributed by atoms with E-state index in [0.717, 1.165) is 18.9 Å². The van der Waals surface area contributed by atoms with Crippen molar-refractivity contribution in [2.75, 3.05) is 6.61 Å². The molecule has 3 nitrogen and oxygen atoms in total. The molecule has 1 aliphatic rings. The molecule has 1 aromatic rings. The fourth-order valence-electron chi connectivity index (χ4n) is 1.68. The van der Waals surface area contributed by atoms with Gasteiger partial charge in [0.1, 0.15) is 0 Å². The van der Waals surface area contributed by atoms with Crippen molar-refractivity contribution in [3.63, 3.8) is 0 Å². The van der Waals surface area contributed by atoms with Gasteiger partial charge in [0.15, 0.2) is 5.69 Å². The second kappa shape index (κ2) is 4.08. The summed E-state index contributed by atoms with van der Waals surface area (Å²) in [5.74, 6) is 0.224. The topological polar surface area (TPSA) is 38.0 Å². The molecule has 2 rings (SSSR count). The van der Waals surface area contributed by atoms with Gasteiger partial charge in [-0.2, -0.15) is 18.3 Å². The zero-order chi connectivity index (χ0) is 11.8. The minimum absolute atomic E-state index is 0.0364. The predicted molar refractivity (Wildman–Crippen MR) is 50.9 cm³/mol. The third kappa shape index (κ3) is 2.37. The summed E-state index contributed by atoms with van der Waals surface area (Å²) in [7, 11) is 0. The normalized spacial score (nSPS) is 16.8. The summed E-state index contributed by atoms with van der Waals surface area (Å²) in [6, 6.07) is 1.13. The Morgan fingerprint density at radius 3 is 2.62 bits per heavy atom. The summed E-state index contributed by atoms with van der Waals surface area (Å²) < 4.78 is 38.8. The number of rotatable bonds is 4. The smallest absolute Gasteiger partial charge is 0.396 e. The lowest BCUT2D eigenvalue weighted by atomic mass is 10.2. The van der Waals surface area contributed by atoms with Crippen LogP contribution in [0.2, 0.25) is 0 Å². The lowest BCUT2D eigenvalue weighted by Gasteiger charge is -2.04. The molecule has 1 aliphatic carbocycles. The molecule has 90 valence electrons. The van der Waals surface area contributed by atoms with Crippen LogP contribution in [0.4, 0.5) is 13.2 Å². The van der Waals surface area contributed by atoms with E-state index in [1.165, 1.54) is 4.68 Å². The molecule has 0 spiro atoms. The monoisotopic (exact) mass is 234 g/mol. The van der Waals surface area contributed by atoms with Gasteiger partial charge in [0.05, 0.1) is 0 Å². The highest BCUT2D eigenvalue weighted by molar-refractivity contribution is 5.20. The van der Waals surface area contributed by atoms with Crippen LogP contribution in [0.1, 0.15) is 36.6 Å². The summed E-state index contributed by atoms with van der Waals surface area (Å²) >= 11 is 0. The molecule has 0 aromatic carbocycles. The highest BCUT2D eigenvalue weighted by Crippen LogP contribution is 2.42. The van der Waals surface area contributed by atoms with Crippen molar-refractivity contribution >= 4 is 0 Å². The van der Waals surface area contributed by atoms with Crippen molar-refractivity contribution in [1.29, 1.82) is 0 Å². The van der Waals surface area contributed by atoms with Gasteiger partial charge in [0.25, 0.3) is 0 Å². The Kier molecular flexibility index (Phi) is 2.92. The first-order valence-electron chi connectivity index (χ1n) is 5.28. The van der Waals surface area contributed by atoms with E-state index in [0.29, 0.717) is 18.7 Å². The average molecular weight is 234 g/mol. The molecule has 0 amide bonds. The Morgan fingerprint density at radius 2 is 2.12 bits per heavy atom. The van der Waals surface area contributed by atoms with Crippen LogP contribution in [0, 0.1) is 0 Å². The number of hydrogen-bond donors (Lipinski definition) is 1. The number of aryl methyl sites for hydroxylation is 1. The Labute approximate surface area is 90.9 Å². The van der Waals surface area contributed by atoms with Crippen molar-refractivity contribution in [3.05, 3.63) is 17.5 Å². The van der Waals surface area contributed by atoms with Gasteiger partial charge in [0, 0.05) is 24.8 Å². The number of aliphatic hydroxyl groups is 1. The van der Waals surface area contributed by atoms with E-state index in [9.17, 15) is 13.2 Å². The van der Waals surface area contributed by atoms with Crippen LogP contribution in [0.3, 0.4) is 0 Å². The Hall–Kier alpha value is -1.04. The van der Waals surface area contributed by atoms with E-state index in [4.69, 9.17) is 5.11 Å². The quantitative estimate of drug-likeness (QED) is 0.866. The van der Waals surface area contributed by atoms with Gasteiger partial charge in [-0.3, -0.25) is 4.68 Å². The standard InChI is InChI=1S/C10H13F3N2O/c11-10(12,13)9-6-8(7-2-3-7)15(14-9)4-1-5-16/h6-7,16H,1-5H2. The van der Waals surface area contributed by atoms with Crippen LogP contribution in [0.15, 0.2) is 6.07 Å². The molecule has 1 aromatic heterocycles. The van der Waals surface area contributed by atoms with E-state index < -0.39 is 11.9 Å². The number of halogens is 3. The van der Waals surface area contributed by atoms with Gasteiger partial charge in [0.2, 0.25) is 0 Å². The fourth-order valence-corrected chi connectivity index (χ4v) is 1.68. The molecule has 0 unspecified atom stereocenters. The van der Waals surface area contributed by atoms with E-state index in [-0.39, 0.29) is 12.5 Å². The minimum atomic E-state index is -4.38. The van der Waals surface area contributed by atoms with Crippen molar-refractivity contribution in [1.82, 2.24) is 9.78 Å². The largest absolute Gasteiger partial charge is 0.435 e. The second-order valence-corrected chi connectivity index (χ2v) is 4.03. The first-order chi connectivity index (χ1) is 7.52. The summed E-state index contributed by atoms with van der Waals surface area (Å²) in [6.45, 7) is 0.309. The highest BCUT2D eigenvalue weighted by Gasteiger charge is 2.37. The van der Waals surface area contributed by atoms with Crippen LogP contribution in [-0.2, 0) is 12.7 Å². The van der Waals surface area contributed by atoms with Gasteiger partial charge >= 0.3 is 6.18 Å². The SMILES string of the molecule is OCCCn1nc(C(F)(F)F)cc1C1CC1. The molecule has 0 radical (unpaired) electrons. The lowest BCUT2D eigenvalue weighted by molar-refractivity contribution is -0.141. The summed E-state index contributed by atoms with van der Waals surface area (Å²) in [6.07, 6.45) is -2.09. The predicted octanol–water partition coefficient (Wildman–Crippen LogP) is 2.16.